The Hall–Kier alpha value is -3.33. The summed E-state index contributed by atoms with van der Waals surface area (Å²) in [5.41, 5.74) is 11.0. The van der Waals surface area contributed by atoms with Crippen LogP contribution >= 0.6 is 0 Å². The Kier molecular flexibility index (Phi) is 4.17. The van der Waals surface area contributed by atoms with Gasteiger partial charge in [-0.15, -0.1) is 0 Å². The lowest BCUT2D eigenvalue weighted by Gasteiger charge is -2.41. The maximum Gasteiger partial charge on any atom is 0.0585 e. The van der Waals surface area contributed by atoms with Crippen molar-refractivity contribution >= 4 is 22.2 Å². The monoisotopic (exact) mass is 407 g/mol. The average Bonchev–Trinajstić information content (AvgIpc) is 2.73. The number of nitrogens with one attached hydrogen (secondary N) is 1. The van der Waals surface area contributed by atoms with Crippen molar-refractivity contribution in [1.29, 1.82) is 5.41 Å². The predicted octanol–water partition coefficient (Wildman–Crippen LogP) is 6.37. The molecule has 0 bridgehead atoms. The summed E-state index contributed by atoms with van der Waals surface area (Å²) in [6, 6.07) is 19.3. The highest BCUT2D eigenvalue weighted by atomic mass is 15.2. The molecule has 0 aromatic heterocycles. The quantitative estimate of drug-likeness (QED) is 0.365. The number of allylic oxidation sites excluding steroid dienone is 1. The number of fused-ring (bicyclic) bond motifs is 4. The Bertz CT molecular complexity index is 1400. The van der Waals surface area contributed by atoms with Crippen LogP contribution in [0.2, 0.25) is 0 Å². The summed E-state index contributed by atoms with van der Waals surface area (Å²) < 4.78 is 2.28. The molecule has 31 heavy (non-hydrogen) atoms. The summed E-state index contributed by atoms with van der Waals surface area (Å²) in [5.74, 6) is 0. The van der Waals surface area contributed by atoms with Crippen molar-refractivity contribution in [3.05, 3.63) is 77.2 Å². The summed E-state index contributed by atoms with van der Waals surface area (Å²) in [4.78, 5) is 2.37. The molecular formula is C28H29N3. The number of rotatable bonds is 1. The van der Waals surface area contributed by atoms with E-state index in [-0.39, 0.29) is 5.54 Å². The van der Waals surface area contributed by atoms with E-state index in [0.29, 0.717) is 5.36 Å². The SMILES string of the molecule is CC1=CC(C)(C)N(C)c2ccc3c(-c4ccc(C)cc4)c4ccc(=N)cc-4n(C)c3c21. The van der Waals surface area contributed by atoms with Crippen LogP contribution in [0.15, 0.2) is 60.7 Å². The first kappa shape index (κ1) is 19.6. The summed E-state index contributed by atoms with van der Waals surface area (Å²) in [6.45, 7) is 8.87. The maximum absolute atomic E-state index is 8.26. The van der Waals surface area contributed by atoms with Crippen LogP contribution in [0.4, 0.5) is 5.69 Å². The van der Waals surface area contributed by atoms with Crippen LogP contribution < -0.4 is 10.3 Å². The highest BCUT2D eigenvalue weighted by molar-refractivity contribution is 6.09. The number of likely N-dealkylation sites (N-methyl/N-ethyl adjacent to an activating group) is 1. The Morgan fingerprint density at radius 2 is 1.55 bits per heavy atom. The number of anilines is 1. The second-order valence-corrected chi connectivity index (χ2v) is 9.43. The van der Waals surface area contributed by atoms with Crippen molar-refractivity contribution in [3.8, 4) is 22.4 Å². The molecule has 1 N–H and O–H groups in total. The topological polar surface area (TPSA) is 32.0 Å². The highest BCUT2D eigenvalue weighted by Gasteiger charge is 2.31. The summed E-state index contributed by atoms with van der Waals surface area (Å²) in [5, 5.41) is 10.0. The molecule has 2 aromatic carbocycles. The lowest BCUT2D eigenvalue weighted by Crippen LogP contribution is -2.42. The van der Waals surface area contributed by atoms with Gasteiger partial charge in [-0.05, 0) is 57.0 Å². The minimum absolute atomic E-state index is 0.0334. The van der Waals surface area contributed by atoms with Gasteiger partial charge in [0.2, 0.25) is 0 Å². The van der Waals surface area contributed by atoms with Gasteiger partial charge < -0.3 is 14.9 Å². The van der Waals surface area contributed by atoms with E-state index in [0.717, 1.165) is 5.69 Å². The van der Waals surface area contributed by atoms with Crippen molar-refractivity contribution in [1.82, 2.24) is 4.57 Å². The zero-order valence-electron chi connectivity index (χ0n) is 19.2. The van der Waals surface area contributed by atoms with Gasteiger partial charge in [0.05, 0.1) is 22.1 Å². The number of benzene rings is 3. The van der Waals surface area contributed by atoms with Gasteiger partial charge in [-0.2, -0.15) is 0 Å². The minimum Gasteiger partial charge on any atom is -0.365 e. The molecule has 0 atom stereocenters. The summed E-state index contributed by atoms with van der Waals surface area (Å²) in [6.07, 6.45) is 2.37. The standard InChI is InChI=1S/C28H29N3/c1-17-7-9-19(10-8-17)26-21-12-11-20(29)15-24(21)30(5)27-22(26)13-14-23-25(27)18(2)16-28(3,4)31(23)6/h7-16,29H,1-6H3. The smallest absolute Gasteiger partial charge is 0.0585 e. The van der Waals surface area contributed by atoms with Crippen LogP contribution in [-0.4, -0.2) is 17.2 Å². The van der Waals surface area contributed by atoms with Crippen LogP contribution in [0.3, 0.4) is 0 Å². The first-order valence-electron chi connectivity index (χ1n) is 10.8. The molecule has 0 saturated carbocycles. The molecule has 2 heterocycles. The predicted molar refractivity (Wildman–Crippen MR) is 132 cm³/mol. The first-order valence-corrected chi connectivity index (χ1v) is 10.8. The number of aromatic nitrogens is 1. The average molecular weight is 408 g/mol. The van der Waals surface area contributed by atoms with Crippen molar-refractivity contribution in [3.63, 3.8) is 0 Å². The van der Waals surface area contributed by atoms with Gasteiger partial charge in [0.25, 0.3) is 0 Å². The Morgan fingerprint density at radius 3 is 2.26 bits per heavy atom. The van der Waals surface area contributed by atoms with Gasteiger partial charge in [-0.1, -0.05) is 48.0 Å². The fraction of sp³-hybridized carbons (Fsp3) is 0.250. The molecular weight excluding hydrogens is 378 g/mol. The molecule has 5 rings (SSSR count). The molecule has 0 fully saturated rings. The number of pyridine rings is 1. The van der Waals surface area contributed by atoms with Crippen LogP contribution in [-0.2, 0) is 7.05 Å². The molecule has 3 heteroatoms. The second-order valence-electron chi connectivity index (χ2n) is 9.43. The fourth-order valence-corrected chi connectivity index (χ4v) is 5.13. The molecule has 3 nitrogen and oxygen atoms in total. The molecule has 0 saturated heterocycles. The second kappa shape index (κ2) is 6.58. The van der Waals surface area contributed by atoms with Crippen LogP contribution in [0.1, 0.15) is 31.9 Å². The number of nitrogens with zero attached hydrogens (tertiary/aromatic N) is 2. The van der Waals surface area contributed by atoms with E-state index in [1.807, 2.05) is 12.1 Å². The molecule has 156 valence electrons. The fourth-order valence-electron chi connectivity index (χ4n) is 5.13. The molecule has 0 amide bonds. The van der Waals surface area contributed by atoms with Crippen molar-refractivity contribution < 1.29 is 0 Å². The van der Waals surface area contributed by atoms with Crippen molar-refractivity contribution in [2.24, 2.45) is 7.05 Å². The molecule has 3 aliphatic rings. The third kappa shape index (κ3) is 2.83. The molecule has 1 aliphatic carbocycles. The summed E-state index contributed by atoms with van der Waals surface area (Å²) in [7, 11) is 4.31. The Labute approximate surface area is 184 Å². The first-order chi connectivity index (χ1) is 14.7. The molecule has 0 radical (unpaired) electrons. The van der Waals surface area contributed by atoms with Gasteiger partial charge in [-0.25, -0.2) is 0 Å². The van der Waals surface area contributed by atoms with Gasteiger partial charge in [0.15, 0.2) is 0 Å². The zero-order chi connectivity index (χ0) is 22.1. The third-order valence-corrected chi connectivity index (χ3v) is 6.92. The lowest BCUT2D eigenvalue weighted by atomic mass is 9.85. The largest absolute Gasteiger partial charge is 0.365 e. The van der Waals surface area contributed by atoms with Gasteiger partial charge in [0.1, 0.15) is 0 Å². The van der Waals surface area contributed by atoms with E-state index >= 15 is 0 Å². The van der Waals surface area contributed by atoms with E-state index in [2.05, 4.69) is 99.8 Å². The van der Waals surface area contributed by atoms with Gasteiger partial charge in [-0.3, -0.25) is 0 Å². The molecule has 0 unspecified atom stereocenters. The van der Waals surface area contributed by atoms with E-state index in [1.165, 1.54) is 50.0 Å². The Balaban J connectivity index is 2.01. The van der Waals surface area contributed by atoms with E-state index < -0.39 is 0 Å². The van der Waals surface area contributed by atoms with Crippen LogP contribution in [0, 0.1) is 12.3 Å². The summed E-state index contributed by atoms with van der Waals surface area (Å²) >= 11 is 0. The molecule has 2 aromatic rings. The van der Waals surface area contributed by atoms with E-state index in [4.69, 9.17) is 5.41 Å². The third-order valence-electron chi connectivity index (χ3n) is 6.92. The Morgan fingerprint density at radius 1 is 0.839 bits per heavy atom. The number of hydrogen-bond acceptors (Lipinski definition) is 2. The van der Waals surface area contributed by atoms with Gasteiger partial charge in [0, 0.05) is 41.9 Å². The van der Waals surface area contributed by atoms with Crippen molar-refractivity contribution in [2.75, 3.05) is 11.9 Å². The van der Waals surface area contributed by atoms with E-state index in [9.17, 15) is 0 Å². The van der Waals surface area contributed by atoms with E-state index in [1.54, 1.807) is 0 Å². The zero-order valence-corrected chi connectivity index (χ0v) is 19.2. The highest BCUT2D eigenvalue weighted by Crippen LogP contribution is 2.46. The van der Waals surface area contributed by atoms with Crippen LogP contribution in [0.25, 0.3) is 38.9 Å². The lowest BCUT2D eigenvalue weighted by molar-refractivity contribution is 0.598. The normalized spacial score (nSPS) is 15.3. The van der Waals surface area contributed by atoms with Crippen LogP contribution in [0.5, 0.6) is 0 Å². The van der Waals surface area contributed by atoms with Crippen molar-refractivity contribution in [2.45, 2.75) is 33.2 Å². The maximum atomic E-state index is 8.26. The van der Waals surface area contributed by atoms with Gasteiger partial charge >= 0.3 is 0 Å². The number of aryl methyl sites for hydroxylation is 2. The number of hydrogen-bond donors (Lipinski definition) is 1. The molecule has 2 aliphatic heterocycles. The minimum atomic E-state index is -0.0334. The molecule has 0 spiro atoms.